The van der Waals surface area contributed by atoms with E-state index in [1.807, 2.05) is 24.3 Å². The molecule has 0 unspecified atom stereocenters. The lowest BCUT2D eigenvalue weighted by Gasteiger charge is -2.17. The standard InChI is InChI=1S/C21H15Cl2NO3S/c22-14-5-15(23)7-16(6-14)28-20-8-17(18(25)9-19(20)26)21(27)24-10-12-3-1-2-4-13(12)11-24/h1-9,25-26H,10-11H2. The summed E-state index contributed by atoms with van der Waals surface area (Å²) in [6.07, 6.45) is 0. The van der Waals surface area contributed by atoms with Crippen molar-refractivity contribution >= 4 is 40.9 Å². The molecule has 0 saturated heterocycles. The minimum Gasteiger partial charge on any atom is -0.507 e. The smallest absolute Gasteiger partial charge is 0.258 e. The van der Waals surface area contributed by atoms with E-state index in [9.17, 15) is 15.0 Å². The first-order valence-electron chi connectivity index (χ1n) is 8.46. The Morgan fingerprint density at radius 2 is 1.50 bits per heavy atom. The summed E-state index contributed by atoms with van der Waals surface area (Å²) in [5.41, 5.74) is 2.33. The van der Waals surface area contributed by atoms with Gasteiger partial charge in [-0.3, -0.25) is 4.79 Å². The summed E-state index contributed by atoms with van der Waals surface area (Å²) >= 11 is 13.3. The number of halogens is 2. The van der Waals surface area contributed by atoms with Crippen molar-refractivity contribution in [1.29, 1.82) is 0 Å². The molecule has 142 valence electrons. The van der Waals surface area contributed by atoms with Crippen LogP contribution in [-0.4, -0.2) is 21.0 Å². The van der Waals surface area contributed by atoms with Crippen molar-refractivity contribution in [2.45, 2.75) is 22.9 Å². The average Bonchev–Trinajstić information content (AvgIpc) is 3.07. The van der Waals surface area contributed by atoms with Crippen LogP contribution in [0, 0.1) is 0 Å². The first-order chi connectivity index (χ1) is 13.4. The van der Waals surface area contributed by atoms with Crippen LogP contribution < -0.4 is 0 Å². The number of nitrogens with zero attached hydrogens (tertiary/aromatic N) is 1. The summed E-state index contributed by atoms with van der Waals surface area (Å²) in [5, 5.41) is 21.4. The lowest BCUT2D eigenvalue weighted by Crippen LogP contribution is -2.25. The van der Waals surface area contributed by atoms with E-state index in [1.54, 1.807) is 23.1 Å². The third kappa shape index (κ3) is 3.78. The SMILES string of the molecule is O=C(c1cc(Sc2cc(Cl)cc(Cl)c2)c(O)cc1O)N1Cc2ccccc2C1. The average molecular weight is 432 g/mol. The summed E-state index contributed by atoms with van der Waals surface area (Å²) in [6, 6.07) is 15.6. The van der Waals surface area contributed by atoms with E-state index in [-0.39, 0.29) is 23.0 Å². The summed E-state index contributed by atoms with van der Waals surface area (Å²) in [5.74, 6) is -0.675. The number of carbonyl (C=O) groups is 1. The molecule has 0 bridgehead atoms. The fraction of sp³-hybridized carbons (Fsp3) is 0.0952. The molecule has 3 aromatic rings. The summed E-state index contributed by atoms with van der Waals surface area (Å²) < 4.78 is 0. The zero-order chi connectivity index (χ0) is 19.8. The molecule has 0 aromatic heterocycles. The molecule has 1 amide bonds. The molecule has 2 N–H and O–H groups in total. The summed E-state index contributed by atoms with van der Waals surface area (Å²) in [7, 11) is 0. The number of phenolic OH excluding ortho intramolecular Hbond substituents is 2. The quantitative estimate of drug-likeness (QED) is 0.557. The van der Waals surface area contributed by atoms with Crippen molar-refractivity contribution in [3.63, 3.8) is 0 Å². The van der Waals surface area contributed by atoms with Crippen LogP contribution in [-0.2, 0) is 13.1 Å². The van der Waals surface area contributed by atoms with Crippen molar-refractivity contribution in [1.82, 2.24) is 4.90 Å². The van der Waals surface area contributed by atoms with E-state index in [2.05, 4.69) is 0 Å². The highest BCUT2D eigenvalue weighted by molar-refractivity contribution is 7.99. The topological polar surface area (TPSA) is 60.8 Å². The van der Waals surface area contributed by atoms with Gasteiger partial charge in [0, 0.05) is 34.1 Å². The minimum atomic E-state index is -0.292. The molecule has 0 saturated carbocycles. The van der Waals surface area contributed by atoms with Crippen LogP contribution >= 0.6 is 35.0 Å². The predicted octanol–water partition coefficient (Wildman–Crippen LogP) is 5.71. The van der Waals surface area contributed by atoms with Crippen molar-refractivity contribution in [3.05, 3.63) is 81.3 Å². The maximum atomic E-state index is 13.0. The molecule has 0 radical (unpaired) electrons. The van der Waals surface area contributed by atoms with Crippen LogP contribution in [0.4, 0.5) is 0 Å². The lowest BCUT2D eigenvalue weighted by molar-refractivity contribution is 0.0748. The minimum absolute atomic E-state index is 0.125. The lowest BCUT2D eigenvalue weighted by atomic mass is 10.1. The Bertz CT molecular complexity index is 1040. The number of fused-ring (bicyclic) bond motifs is 1. The van der Waals surface area contributed by atoms with Gasteiger partial charge in [-0.1, -0.05) is 59.2 Å². The second kappa shape index (κ2) is 7.59. The second-order valence-electron chi connectivity index (χ2n) is 6.47. The molecule has 0 spiro atoms. The fourth-order valence-corrected chi connectivity index (χ4v) is 4.79. The number of carbonyl (C=O) groups excluding carboxylic acids is 1. The fourth-order valence-electron chi connectivity index (χ4n) is 3.17. The van der Waals surface area contributed by atoms with E-state index in [0.29, 0.717) is 32.9 Å². The highest BCUT2D eigenvalue weighted by Gasteiger charge is 2.26. The van der Waals surface area contributed by atoms with Crippen LogP contribution in [0.1, 0.15) is 21.5 Å². The third-order valence-electron chi connectivity index (χ3n) is 4.50. The van der Waals surface area contributed by atoms with Crippen LogP contribution in [0.2, 0.25) is 10.0 Å². The molecule has 4 nitrogen and oxygen atoms in total. The normalized spacial score (nSPS) is 12.9. The number of amides is 1. The van der Waals surface area contributed by atoms with Crippen LogP contribution in [0.3, 0.4) is 0 Å². The van der Waals surface area contributed by atoms with Gasteiger partial charge in [0.2, 0.25) is 0 Å². The number of benzene rings is 3. The van der Waals surface area contributed by atoms with Crippen molar-refractivity contribution in [2.24, 2.45) is 0 Å². The van der Waals surface area contributed by atoms with E-state index >= 15 is 0 Å². The van der Waals surface area contributed by atoms with E-state index in [0.717, 1.165) is 11.1 Å². The first kappa shape index (κ1) is 19.0. The third-order valence-corrected chi connectivity index (χ3v) is 5.95. The number of rotatable bonds is 3. The van der Waals surface area contributed by atoms with Gasteiger partial charge in [0.1, 0.15) is 11.5 Å². The Morgan fingerprint density at radius 1 is 0.893 bits per heavy atom. The molecule has 28 heavy (non-hydrogen) atoms. The first-order valence-corrected chi connectivity index (χ1v) is 10.0. The van der Waals surface area contributed by atoms with Crippen LogP contribution in [0.25, 0.3) is 0 Å². The Kier molecular flexibility index (Phi) is 5.15. The van der Waals surface area contributed by atoms with E-state index in [4.69, 9.17) is 23.2 Å². The van der Waals surface area contributed by atoms with Gasteiger partial charge in [0.25, 0.3) is 5.91 Å². The molecule has 1 heterocycles. The Morgan fingerprint density at radius 3 is 2.11 bits per heavy atom. The van der Waals surface area contributed by atoms with Gasteiger partial charge in [-0.25, -0.2) is 0 Å². The number of hydrogen-bond acceptors (Lipinski definition) is 4. The van der Waals surface area contributed by atoms with Gasteiger partial charge < -0.3 is 15.1 Å². The molecular weight excluding hydrogens is 417 g/mol. The molecule has 0 atom stereocenters. The Balaban J connectivity index is 1.63. The highest BCUT2D eigenvalue weighted by atomic mass is 35.5. The molecule has 4 rings (SSSR count). The van der Waals surface area contributed by atoms with Gasteiger partial charge in [-0.05, 0) is 35.4 Å². The molecule has 1 aliphatic heterocycles. The predicted molar refractivity (Wildman–Crippen MR) is 110 cm³/mol. The molecule has 0 fully saturated rings. The van der Waals surface area contributed by atoms with Gasteiger partial charge in [-0.15, -0.1) is 0 Å². The monoisotopic (exact) mass is 431 g/mol. The molecule has 1 aliphatic rings. The highest BCUT2D eigenvalue weighted by Crippen LogP contribution is 2.40. The Hall–Kier alpha value is -2.34. The van der Waals surface area contributed by atoms with Gasteiger partial charge in [-0.2, -0.15) is 0 Å². The molecule has 0 aliphatic carbocycles. The van der Waals surface area contributed by atoms with Gasteiger partial charge in [0.15, 0.2) is 0 Å². The summed E-state index contributed by atoms with van der Waals surface area (Å²) in [4.78, 5) is 15.8. The maximum Gasteiger partial charge on any atom is 0.258 e. The van der Waals surface area contributed by atoms with Gasteiger partial charge in [0.05, 0.1) is 10.5 Å². The van der Waals surface area contributed by atoms with Gasteiger partial charge >= 0.3 is 0 Å². The van der Waals surface area contributed by atoms with Crippen molar-refractivity contribution in [2.75, 3.05) is 0 Å². The number of phenols is 2. The van der Waals surface area contributed by atoms with E-state index in [1.165, 1.54) is 23.9 Å². The Labute approximate surface area is 176 Å². The largest absolute Gasteiger partial charge is 0.507 e. The van der Waals surface area contributed by atoms with Crippen LogP contribution in [0.15, 0.2) is 64.4 Å². The number of aromatic hydroxyl groups is 2. The molecule has 7 heteroatoms. The second-order valence-corrected chi connectivity index (χ2v) is 8.46. The zero-order valence-corrected chi connectivity index (χ0v) is 16.9. The van der Waals surface area contributed by atoms with E-state index < -0.39 is 0 Å². The van der Waals surface area contributed by atoms with Crippen molar-refractivity contribution in [3.8, 4) is 11.5 Å². The maximum absolute atomic E-state index is 13.0. The molecular formula is C21H15Cl2NO3S. The zero-order valence-electron chi connectivity index (χ0n) is 14.5. The van der Waals surface area contributed by atoms with Crippen molar-refractivity contribution < 1.29 is 15.0 Å². The summed E-state index contributed by atoms with van der Waals surface area (Å²) in [6.45, 7) is 0.976. The van der Waals surface area contributed by atoms with Crippen LogP contribution in [0.5, 0.6) is 11.5 Å². The number of hydrogen-bond donors (Lipinski definition) is 2. The molecule has 3 aromatic carbocycles.